The average molecular weight is 411 g/mol. The van der Waals surface area contributed by atoms with Crippen molar-refractivity contribution in [2.24, 2.45) is 0 Å². The van der Waals surface area contributed by atoms with E-state index in [2.05, 4.69) is 10.4 Å². The number of nitrogens with zero attached hydrogens (tertiary/aromatic N) is 4. The van der Waals surface area contributed by atoms with E-state index in [1.165, 1.54) is 36.1 Å². The number of hydrogen-bond acceptors (Lipinski definition) is 7. The van der Waals surface area contributed by atoms with Gasteiger partial charge >= 0.3 is 5.82 Å². The second-order valence-electron chi connectivity index (χ2n) is 6.31. The maximum atomic E-state index is 12.8. The highest BCUT2D eigenvalue weighted by atomic mass is 16.6. The highest BCUT2D eigenvalue weighted by Crippen LogP contribution is 2.29. The lowest BCUT2D eigenvalue weighted by Gasteiger charge is -2.11. The van der Waals surface area contributed by atoms with Crippen molar-refractivity contribution >= 4 is 23.1 Å². The molecule has 1 aromatic heterocycles. The molecule has 0 atom stereocenters. The monoisotopic (exact) mass is 411 g/mol. The predicted molar refractivity (Wildman–Crippen MR) is 107 cm³/mol. The fourth-order valence-corrected chi connectivity index (χ4v) is 2.87. The van der Waals surface area contributed by atoms with Crippen molar-refractivity contribution in [3.63, 3.8) is 0 Å². The zero-order chi connectivity index (χ0) is 21.8. The van der Waals surface area contributed by atoms with Crippen LogP contribution in [0.2, 0.25) is 0 Å². The van der Waals surface area contributed by atoms with E-state index in [1.54, 1.807) is 31.2 Å². The van der Waals surface area contributed by atoms with Crippen LogP contribution in [0.4, 0.5) is 17.2 Å². The summed E-state index contributed by atoms with van der Waals surface area (Å²) in [5.74, 6) is -0.558. The Bertz CT molecular complexity index is 1140. The SMILES string of the molecule is COc1ccc(NC(=O)c2ccccc2Cn2nc([N+](=O)[O-])cc2C)c([N+](=O)[O-])c1. The smallest absolute Gasteiger partial charge is 0.390 e. The van der Waals surface area contributed by atoms with Gasteiger partial charge in [-0.25, -0.2) is 0 Å². The largest absolute Gasteiger partial charge is 0.496 e. The molecule has 0 aliphatic heterocycles. The Balaban J connectivity index is 1.90. The van der Waals surface area contributed by atoms with Crippen LogP contribution in [0.25, 0.3) is 0 Å². The first kappa shape index (κ1) is 20.5. The molecule has 0 saturated carbocycles. The van der Waals surface area contributed by atoms with Crippen LogP contribution in [-0.2, 0) is 6.54 Å². The molecule has 0 radical (unpaired) electrons. The number of hydrogen-bond donors (Lipinski definition) is 1. The number of amides is 1. The van der Waals surface area contributed by atoms with E-state index in [1.807, 2.05) is 0 Å². The van der Waals surface area contributed by atoms with Crippen molar-refractivity contribution in [3.05, 3.63) is 85.6 Å². The predicted octanol–water partition coefficient (Wildman–Crippen LogP) is 3.32. The Hall–Kier alpha value is -4.28. The van der Waals surface area contributed by atoms with Crippen LogP contribution in [0.15, 0.2) is 48.5 Å². The zero-order valence-electron chi connectivity index (χ0n) is 16.1. The summed E-state index contributed by atoms with van der Waals surface area (Å²) >= 11 is 0. The molecular weight excluding hydrogens is 394 g/mol. The summed E-state index contributed by atoms with van der Waals surface area (Å²) in [6.45, 7) is 1.79. The molecule has 0 fully saturated rings. The Labute approximate surface area is 170 Å². The van der Waals surface area contributed by atoms with Gasteiger partial charge in [0.15, 0.2) is 0 Å². The van der Waals surface area contributed by atoms with Gasteiger partial charge in [-0.1, -0.05) is 18.2 Å². The molecule has 3 aromatic rings. The van der Waals surface area contributed by atoms with Gasteiger partial charge in [0, 0.05) is 5.56 Å². The fourth-order valence-electron chi connectivity index (χ4n) is 2.87. The number of methoxy groups -OCH3 is 1. The van der Waals surface area contributed by atoms with Gasteiger partial charge in [0.2, 0.25) is 0 Å². The second kappa shape index (κ2) is 8.39. The molecule has 11 heteroatoms. The van der Waals surface area contributed by atoms with Crippen molar-refractivity contribution in [1.29, 1.82) is 0 Å². The lowest BCUT2D eigenvalue weighted by molar-refractivity contribution is -0.389. The number of rotatable bonds is 7. The number of ether oxygens (including phenoxy) is 1. The Kier molecular flexibility index (Phi) is 5.72. The van der Waals surface area contributed by atoms with Gasteiger partial charge in [-0.3, -0.25) is 14.9 Å². The summed E-state index contributed by atoms with van der Waals surface area (Å²) in [5, 5.41) is 28.8. The van der Waals surface area contributed by atoms with Gasteiger partial charge in [-0.05, 0) is 35.6 Å². The normalized spacial score (nSPS) is 10.5. The molecule has 1 heterocycles. The van der Waals surface area contributed by atoms with E-state index in [0.29, 0.717) is 11.3 Å². The van der Waals surface area contributed by atoms with Crippen LogP contribution in [0.5, 0.6) is 5.75 Å². The highest BCUT2D eigenvalue weighted by molar-refractivity contribution is 6.06. The Morgan fingerprint density at radius 3 is 2.50 bits per heavy atom. The summed E-state index contributed by atoms with van der Waals surface area (Å²) in [4.78, 5) is 33.9. The van der Waals surface area contributed by atoms with Gasteiger partial charge in [-0.2, -0.15) is 4.68 Å². The van der Waals surface area contributed by atoms with Crippen molar-refractivity contribution in [2.75, 3.05) is 12.4 Å². The molecule has 0 bridgehead atoms. The molecule has 0 aliphatic carbocycles. The number of benzene rings is 2. The maximum absolute atomic E-state index is 12.8. The zero-order valence-corrected chi connectivity index (χ0v) is 16.1. The van der Waals surface area contributed by atoms with E-state index in [9.17, 15) is 25.0 Å². The number of aryl methyl sites for hydroxylation is 1. The van der Waals surface area contributed by atoms with Gasteiger partial charge in [0.25, 0.3) is 11.6 Å². The van der Waals surface area contributed by atoms with E-state index in [0.717, 1.165) is 0 Å². The summed E-state index contributed by atoms with van der Waals surface area (Å²) in [6.07, 6.45) is 0. The number of carbonyl (C=O) groups excluding carboxylic acids is 1. The molecular formula is C19H17N5O6. The molecule has 30 heavy (non-hydrogen) atoms. The summed E-state index contributed by atoms with van der Waals surface area (Å²) < 4.78 is 6.41. The minimum atomic E-state index is -0.615. The maximum Gasteiger partial charge on any atom is 0.390 e. The van der Waals surface area contributed by atoms with Crippen molar-refractivity contribution < 1.29 is 19.4 Å². The highest BCUT2D eigenvalue weighted by Gasteiger charge is 2.21. The molecule has 0 aliphatic rings. The minimum Gasteiger partial charge on any atom is -0.496 e. The van der Waals surface area contributed by atoms with Crippen LogP contribution in [0.1, 0.15) is 21.6 Å². The van der Waals surface area contributed by atoms with Crippen LogP contribution in [-0.4, -0.2) is 32.6 Å². The second-order valence-corrected chi connectivity index (χ2v) is 6.31. The third-order valence-corrected chi connectivity index (χ3v) is 4.39. The van der Waals surface area contributed by atoms with Crippen molar-refractivity contribution in [2.45, 2.75) is 13.5 Å². The van der Waals surface area contributed by atoms with Crippen LogP contribution < -0.4 is 10.1 Å². The summed E-state index contributed by atoms with van der Waals surface area (Å²) in [6, 6.07) is 12.1. The molecule has 1 amide bonds. The van der Waals surface area contributed by atoms with Crippen LogP contribution in [0.3, 0.4) is 0 Å². The van der Waals surface area contributed by atoms with Crippen molar-refractivity contribution in [3.8, 4) is 5.75 Å². The number of nitro groups is 2. The number of nitrogens with one attached hydrogen (secondary N) is 1. The number of carbonyl (C=O) groups is 1. The molecule has 1 N–H and O–H groups in total. The minimum absolute atomic E-state index is 0.0199. The van der Waals surface area contributed by atoms with E-state index < -0.39 is 15.8 Å². The summed E-state index contributed by atoms with van der Waals surface area (Å²) in [5.41, 5.74) is 1.08. The van der Waals surface area contributed by atoms with Gasteiger partial charge in [-0.15, -0.1) is 0 Å². The van der Waals surface area contributed by atoms with Gasteiger partial charge in [0.05, 0.1) is 41.5 Å². The Morgan fingerprint density at radius 2 is 1.87 bits per heavy atom. The number of aromatic nitrogens is 2. The molecule has 0 unspecified atom stereocenters. The molecule has 2 aromatic carbocycles. The third kappa shape index (κ3) is 4.24. The van der Waals surface area contributed by atoms with Gasteiger partial charge in [0.1, 0.15) is 11.4 Å². The lowest BCUT2D eigenvalue weighted by Crippen LogP contribution is -2.17. The van der Waals surface area contributed by atoms with Crippen LogP contribution in [0, 0.1) is 27.2 Å². The quantitative estimate of drug-likeness (QED) is 0.464. The first-order chi connectivity index (χ1) is 14.3. The van der Waals surface area contributed by atoms with E-state index in [4.69, 9.17) is 4.74 Å². The first-order valence-corrected chi connectivity index (χ1v) is 8.70. The molecule has 3 rings (SSSR count). The molecule has 154 valence electrons. The third-order valence-electron chi connectivity index (χ3n) is 4.39. The van der Waals surface area contributed by atoms with E-state index >= 15 is 0 Å². The molecule has 0 spiro atoms. The lowest BCUT2D eigenvalue weighted by atomic mass is 10.1. The van der Waals surface area contributed by atoms with Crippen LogP contribution >= 0.6 is 0 Å². The number of nitro benzene ring substituents is 1. The average Bonchev–Trinajstić information content (AvgIpc) is 3.09. The molecule has 0 saturated heterocycles. The van der Waals surface area contributed by atoms with Gasteiger partial charge < -0.3 is 20.2 Å². The topological polar surface area (TPSA) is 142 Å². The van der Waals surface area contributed by atoms with E-state index in [-0.39, 0.29) is 35.1 Å². The summed E-state index contributed by atoms with van der Waals surface area (Å²) in [7, 11) is 1.38. The van der Waals surface area contributed by atoms with Crippen molar-refractivity contribution in [1.82, 2.24) is 9.78 Å². The molecule has 11 nitrogen and oxygen atoms in total. The number of anilines is 1. The Morgan fingerprint density at radius 1 is 1.13 bits per heavy atom. The first-order valence-electron chi connectivity index (χ1n) is 8.70. The standard InChI is InChI=1S/C19H17N5O6/c1-12-9-18(24(28)29)21-22(12)11-13-5-3-4-6-15(13)19(25)20-16-8-7-14(30-2)10-17(16)23(26)27/h3-10H,11H2,1-2H3,(H,20,25). The fraction of sp³-hybridized carbons (Fsp3) is 0.158.